The Hall–Kier alpha value is -2.04. The number of hydrogen-bond donors (Lipinski definition) is 2. The van der Waals surface area contributed by atoms with Gasteiger partial charge in [-0.05, 0) is 19.1 Å². The highest BCUT2D eigenvalue weighted by molar-refractivity contribution is 6.01. The third kappa shape index (κ3) is 1.63. The van der Waals surface area contributed by atoms with E-state index < -0.39 is 5.97 Å². The monoisotopic (exact) mass is 206 g/mol. The molecule has 78 valence electrons. The van der Waals surface area contributed by atoms with Gasteiger partial charge in [-0.15, -0.1) is 0 Å². The number of hydrogen-bond acceptors (Lipinski definition) is 3. The maximum atomic E-state index is 11.5. The number of para-hydroxylation sites is 1. The van der Waals surface area contributed by atoms with Crippen molar-refractivity contribution in [2.75, 3.05) is 6.61 Å². The maximum absolute atomic E-state index is 11.5. The molecule has 5 heteroatoms. The second kappa shape index (κ2) is 3.61. The molecule has 1 aromatic heterocycles. The van der Waals surface area contributed by atoms with Crippen molar-refractivity contribution in [1.82, 2.24) is 9.97 Å². The molecule has 0 unspecified atom stereocenters. The Balaban J connectivity index is 2.60. The van der Waals surface area contributed by atoms with Crippen LogP contribution in [0.25, 0.3) is 11.0 Å². The lowest BCUT2D eigenvalue weighted by molar-refractivity contribution is 0.0528. The van der Waals surface area contributed by atoms with Crippen LogP contribution in [0.3, 0.4) is 0 Å². The summed E-state index contributed by atoms with van der Waals surface area (Å²) in [4.78, 5) is 27.7. The fourth-order valence-electron chi connectivity index (χ4n) is 1.44. The van der Waals surface area contributed by atoms with Crippen molar-refractivity contribution in [2.24, 2.45) is 0 Å². The van der Waals surface area contributed by atoms with Gasteiger partial charge in [-0.3, -0.25) is 0 Å². The molecule has 0 fully saturated rings. The van der Waals surface area contributed by atoms with Crippen molar-refractivity contribution in [3.05, 3.63) is 34.2 Å². The van der Waals surface area contributed by atoms with Gasteiger partial charge in [0.25, 0.3) is 0 Å². The minimum absolute atomic E-state index is 0.309. The maximum Gasteiger partial charge on any atom is 0.340 e. The van der Waals surface area contributed by atoms with Gasteiger partial charge in [0, 0.05) is 0 Å². The Bertz CT molecular complexity index is 553. The molecule has 0 bridgehead atoms. The predicted octanol–water partition coefficient (Wildman–Crippen LogP) is 1.03. The Kier molecular flexibility index (Phi) is 2.29. The van der Waals surface area contributed by atoms with Crippen LogP contribution in [-0.2, 0) is 4.74 Å². The molecule has 0 amide bonds. The number of fused-ring (bicyclic) bond motifs is 1. The summed E-state index contributed by atoms with van der Waals surface area (Å²) < 4.78 is 4.87. The van der Waals surface area contributed by atoms with E-state index in [2.05, 4.69) is 9.97 Å². The first-order valence-corrected chi connectivity index (χ1v) is 4.60. The molecular formula is C10H10N2O3. The second-order valence-electron chi connectivity index (χ2n) is 3.03. The van der Waals surface area contributed by atoms with Crippen molar-refractivity contribution in [3.8, 4) is 0 Å². The highest BCUT2D eigenvalue weighted by atomic mass is 16.5. The molecule has 2 rings (SSSR count). The number of esters is 1. The van der Waals surface area contributed by atoms with Crippen molar-refractivity contribution < 1.29 is 9.53 Å². The zero-order valence-corrected chi connectivity index (χ0v) is 8.16. The average molecular weight is 206 g/mol. The number of rotatable bonds is 2. The van der Waals surface area contributed by atoms with E-state index >= 15 is 0 Å². The van der Waals surface area contributed by atoms with Gasteiger partial charge in [0.1, 0.15) is 0 Å². The molecule has 2 aromatic rings. The number of carbonyl (C=O) groups is 1. The van der Waals surface area contributed by atoms with Crippen LogP contribution in [0.15, 0.2) is 23.0 Å². The van der Waals surface area contributed by atoms with Gasteiger partial charge in [-0.2, -0.15) is 0 Å². The van der Waals surface area contributed by atoms with E-state index in [-0.39, 0.29) is 5.69 Å². The SMILES string of the molecule is CCOC(=O)c1cccc2[nH]c(=O)[nH]c12. The summed E-state index contributed by atoms with van der Waals surface area (Å²) in [6.45, 7) is 2.04. The molecule has 1 aromatic carbocycles. The molecular weight excluding hydrogens is 196 g/mol. The molecule has 0 spiro atoms. The standard InChI is InChI=1S/C10H10N2O3/c1-2-15-9(13)6-4-3-5-7-8(6)12-10(14)11-7/h3-5H,2H2,1H3,(H2,11,12,14). The Morgan fingerprint density at radius 2 is 2.20 bits per heavy atom. The van der Waals surface area contributed by atoms with E-state index in [1.54, 1.807) is 25.1 Å². The van der Waals surface area contributed by atoms with Crippen LogP contribution in [0.2, 0.25) is 0 Å². The van der Waals surface area contributed by atoms with Crippen molar-refractivity contribution in [2.45, 2.75) is 6.92 Å². The van der Waals surface area contributed by atoms with Crippen LogP contribution in [0.1, 0.15) is 17.3 Å². The van der Waals surface area contributed by atoms with E-state index in [1.807, 2.05) is 0 Å². The number of ether oxygens (including phenoxy) is 1. The van der Waals surface area contributed by atoms with Gasteiger partial charge < -0.3 is 14.7 Å². The molecule has 0 aliphatic heterocycles. The van der Waals surface area contributed by atoms with Crippen LogP contribution in [0.4, 0.5) is 0 Å². The van der Waals surface area contributed by atoms with Gasteiger partial charge in [-0.25, -0.2) is 9.59 Å². The van der Waals surface area contributed by atoms with Crippen LogP contribution in [0, 0.1) is 0 Å². The minimum atomic E-state index is -0.432. The molecule has 2 N–H and O–H groups in total. The molecule has 5 nitrogen and oxygen atoms in total. The lowest BCUT2D eigenvalue weighted by Gasteiger charge is -2.01. The quantitative estimate of drug-likeness (QED) is 0.720. The molecule has 1 heterocycles. The molecule has 0 saturated carbocycles. The first kappa shape index (κ1) is 9.51. The highest BCUT2D eigenvalue weighted by Crippen LogP contribution is 2.13. The largest absolute Gasteiger partial charge is 0.462 e. The molecule has 0 aliphatic rings. The number of benzene rings is 1. The first-order valence-electron chi connectivity index (χ1n) is 4.60. The third-order valence-corrected chi connectivity index (χ3v) is 2.05. The van der Waals surface area contributed by atoms with Gasteiger partial charge in [0.05, 0.1) is 23.2 Å². The van der Waals surface area contributed by atoms with Crippen molar-refractivity contribution in [1.29, 1.82) is 0 Å². The number of aromatic amines is 2. The lowest BCUT2D eigenvalue weighted by Crippen LogP contribution is -2.06. The molecule has 0 saturated heterocycles. The summed E-state index contributed by atoms with van der Waals surface area (Å²) >= 11 is 0. The highest BCUT2D eigenvalue weighted by Gasteiger charge is 2.12. The minimum Gasteiger partial charge on any atom is -0.462 e. The van der Waals surface area contributed by atoms with E-state index in [9.17, 15) is 9.59 Å². The molecule has 0 radical (unpaired) electrons. The van der Waals surface area contributed by atoms with Crippen molar-refractivity contribution >= 4 is 17.0 Å². The fraction of sp³-hybridized carbons (Fsp3) is 0.200. The number of carbonyl (C=O) groups excluding carboxylic acids is 1. The van der Waals surface area contributed by atoms with Crippen molar-refractivity contribution in [3.63, 3.8) is 0 Å². The van der Waals surface area contributed by atoms with E-state index in [1.165, 1.54) is 0 Å². The fourth-order valence-corrected chi connectivity index (χ4v) is 1.44. The van der Waals surface area contributed by atoms with E-state index in [0.717, 1.165) is 0 Å². The summed E-state index contributed by atoms with van der Waals surface area (Å²) in [6.07, 6.45) is 0. The summed E-state index contributed by atoms with van der Waals surface area (Å²) in [5.74, 6) is -0.432. The van der Waals surface area contributed by atoms with Gasteiger partial charge >= 0.3 is 11.7 Å². The van der Waals surface area contributed by atoms with Gasteiger partial charge in [0.2, 0.25) is 0 Å². The summed E-state index contributed by atoms with van der Waals surface area (Å²) in [6, 6.07) is 5.03. The number of H-pyrrole nitrogens is 2. The normalized spacial score (nSPS) is 10.5. The third-order valence-electron chi connectivity index (χ3n) is 2.05. The summed E-state index contributed by atoms with van der Waals surface area (Å²) in [5.41, 5.74) is 1.13. The van der Waals surface area contributed by atoms with Crippen LogP contribution >= 0.6 is 0 Å². The van der Waals surface area contributed by atoms with Crippen LogP contribution in [-0.4, -0.2) is 22.5 Å². The Morgan fingerprint density at radius 3 is 2.93 bits per heavy atom. The Labute approximate surface area is 85.1 Å². The zero-order chi connectivity index (χ0) is 10.8. The van der Waals surface area contributed by atoms with Gasteiger partial charge in [0.15, 0.2) is 0 Å². The molecule has 0 atom stereocenters. The topological polar surface area (TPSA) is 75.0 Å². The lowest BCUT2D eigenvalue weighted by atomic mass is 10.2. The molecule has 0 aliphatic carbocycles. The first-order chi connectivity index (χ1) is 7.22. The summed E-state index contributed by atoms with van der Waals surface area (Å²) in [5, 5.41) is 0. The van der Waals surface area contributed by atoms with E-state index in [0.29, 0.717) is 23.2 Å². The zero-order valence-electron chi connectivity index (χ0n) is 8.16. The predicted molar refractivity (Wildman–Crippen MR) is 54.9 cm³/mol. The number of imidazole rings is 1. The average Bonchev–Trinajstić information content (AvgIpc) is 2.57. The van der Waals surface area contributed by atoms with Crippen LogP contribution < -0.4 is 5.69 Å². The number of nitrogens with one attached hydrogen (secondary N) is 2. The van der Waals surface area contributed by atoms with Crippen LogP contribution in [0.5, 0.6) is 0 Å². The second-order valence-corrected chi connectivity index (χ2v) is 3.03. The number of aromatic nitrogens is 2. The van der Waals surface area contributed by atoms with Gasteiger partial charge in [-0.1, -0.05) is 6.07 Å². The molecule has 15 heavy (non-hydrogen) atoms. The summed E-state index contributed by atoms with van der Waals surface area (Å²) in [7, 11) is 0. The van der Waals surface area contributed by atoms with E-state index in [4.69, 9.17) is 4.74 Å². The smallest absolute Gasteiger partial charge is 0.340 e. The Morgan fingerprint density at radius 1 is 1.40 bits per heavy atom.